The number of benzene rings is 1. The molecule has 1 aromatic carbocycles. The normalized spacial score (nSPS) is 20.5. The first-order valence-electron chi connectivity index (χ1n) is 8.30. The lowest BCUT2D eigenvalue weighted by Gasteiger charge is -2.37. The van der Waals surface area contributed by atoms with E-state index in [4.69, 9.17) is 0 Å². The number of carbonyl (C=O) groups excluding carboxylic acids is 1. The Kier molecular flexibility index (Phi) is 4.21. The Balaban J connectivity index is 1.61. The Morgan fingerprint density at radius 1 is 1.15 bits per heavy atom. The summed E-state index contributed by atoms with van der Waals surface area (Å²) in [6.45, 7) is 0. The fraction of sp³-hybridized carbons (Fsp3) is 0.278. The van der Waals surface area contributed by atoms with Gasteiger partial charge in [-0.05, 0) is 48.4 Å². The van der Waals surface area contributed by atoms with Crippen molar-refractivity contribution >= 4 is 28.3 Å². The Bertz CT molecular complexity index is 1060. The van der Waals surface area contributed by atoms with Gasteiger partial charge >= 0.3 is 11.1 Å². The quantitative estimate of drug-likeness (QED) is 0.521. The molecule has 7 nitrogen and oxygen atoms in total. The maximum Gasteiger partial charge on any atom is 0.314 e. The number of amides is 1. The van der Waals surface area contributed by atoms with Crippen LogP contribution in [0.5, 0.6) is 0 Å². The van der Waals surface area contributed by atoms with Crippen LogP contribution < -0.4 is 16.4 Å². The third-order valence-corrected chi connectivity index (χ3v) is 5.70. The van der Waals surface area contributed by atoms with Crippen LogP contribution in [-0.4, -0.2) is 27.1 Å². The van der Waals surface area contributed by atoms with Crippen LogP contribution in [-0.2, 0) is 0 Å². The molecule has 1 fully saturated rings. The van der Waals surface area contributed by atoms with Gasteiger partial charge in [0.05, 0.1) is 23.2 Å². The maximum atomic E-state index is 12.7. The van der Waals surface area contributed by atoms with Gasteiger partial charge in [-0.15, -0.1) is 11.3 Å². The highest BCUT2D eigenvalue weighted by Gasteiger charge is 2.36. The Hall–Kier alpha value is -2.71. The lowest BCUT2D eigenvalue weighted by molar-refractivity contribution is 0.0241. The first-order chi connectivity index (χ1) is 12.5. The van der Waals surface area contributed by atoms with E-state index in [0.717, 1.165) is 4.88 Å². The van der Waals surface area contributed by atoms with Crippen LogP contribution in [0.3, 0.4) is 0 Å². The number of H-pyrrole nitrogens is 2. The lowest BCUT2D eigenvalue weighted by atomic mass is 9.76. The van der Waals surface area contributed by atoms with E-state index in [1.807, 2.05) is 17.5 Å². The predicted molar refractivity (Wildman–Crippen MR) is 98.4 cm³/mol. The number of hydrogen-bond donors (Lipinski definition) is 4. The number of aromatic amines is 2. The van der Waals surface area contributed by atoms with E-state index in [0.29, 0.717) is 29.4 Å². The second kappa shape index (κ2) is 6.54. The number of aliphatic hydroxyl groups excluding tert-OH is 1. The number of aromatic nitrogens is 2. The molecule has 0 bridgehead atoms. The minimum Gasteiger partial charge on any atom is -0.393 e. The summed E-state index contributed by atoms with van der Waals surface area (Å²) in [4.78, 5) is 41.6. The molecule has 0 radical (unpaired) electrons. The third-order valence-electron chi connectivity index (χ3n) is 4.74. The van der Waals surface area contributed by atoms with E-state index in [1.165, 1.54) is 0 Å². The molecule has 1 unspecified atom stereocenters. The molecule has 4 rings (SSSR count). The number of nitrogens with one attached hydrogen (secondary N) is 3. The van der Waals surface area contributed by atoms with Crippen LogP contribution >= 0.6 is 11.3 Å². The van der Waals surface area contributed by atoms with Crippen LogP contribution in [0.4, 0.5) is 0 Å². The van der Waals surface area contributed by atoms with Gasteiger partial charge in [0.1, 0.15) is 0 Å². The van der Waals surface area contributed by atoms with E-state index < -0.39 is 11.1 Å². The molecule has 0 aliphatic heterocycles. The zero-order valence-electron chi connectivity index (χ0n) is 13.7. The molecule has 2 aromatic heterocycles. The van der Waals surface area contributed by atoms with Gasteiger partial charge in [-0.2, -0.15) is 0 Å². The zero-order valence-corrected chi connectivity index (χ0v) is 14.5. The molecular formula is C18H17N3O4S. The second-order valence-electron chi connectivity index (χ2n) is 6.52. The largest absolute Gasteiger partial charge is 0.393 e. The molecule has 134 valence electrons. The van der Waals surface area contributed by atoms with Crippen molar-refractivity contribution in [3.05, 3.63) is 66.9 Å². The van der Waals surface area contributed by atoms with Crippen molar-refractivity contribution in [2.24, 2.45) is 5.92 Å². The molecule has 1 saturated carbocycles. The molecule has 1 aliphatic carbocycles. The smallest absolute Gasteiger partial charge is 0.314 e. The molecule has 26 heavy (non-hydrogen) atoms. The summed E-state index contributed by atoms with van der Waals surface area (Å²) in [7, 11) is 0. The molecular weight excluding hydrogens is 354 g/mol. The van der Waals surface area contributed by atoms with Gasteiger partial charge in [-0.3, -0.25) is 14.4 Å². The van der Waals surface area contributed by atoms with E-state index in [2.05, 4.69) is 15.3 Å². The van der Waals surface area contributed by atoms with Crippen LogP contribution in [0, 0.1) is 5.92 Å². The van der Waals surface area contributed by atoms with Gasteiger partial charge in [0.2, 0.25) is 0 Å². The number of fused-ring (bicyclic) bond motifs is 1. The SMILES string of the molecule is O=C(NC(c1cccs1)C1CC(O)C1)c1ccc2[nH]c(=O)c(=O)[nH]c2c1. The first-order valence-corrected chi connectivity index (χ1v) is 9.18. The standard InChI is InChI=1S/C18H17N3O4S/c22-11-6-10(7-11)15(14-2-1-5-26-14)21-16(23)9-3-4-12-13(8-9)20-18(25)17(24)19-12/h1-5,8,10-11,15,22H,6-7H2,(H,19,24)(H,20,25)(H,21,23). The van der Waals surface area contributed by atoms with Gasteiger partial charge in [0.15, 0.2) is 0 Å². The Morgan fingerprint density at radius 2 is 1.88 bits per heavy atom. The number of rotatable bonds is 4. The molecule has 0 saturated heterocycles. The second-order valence-corrected chi connectivity index (χ2v) is 7.50. The Morgan fingerprint density at radius 3 is 2.54 bits per heavy atom. The van der Waals surface area contributed by atoms with Crippen LogP contribution in [0.15, 0.2) is 45.3 Å². The molecule has 0 spiro atoms. The molecule has 1 aliphatic rings. The number of thiophene rings is 1. The molecule has 1 amide bonds. The first kappa shape index (κ1) is 16.7. The summed E-state index contributed by atoms with van der Waals surface area (Å²) in [6, 6.07) is 8.50. The summed E-state index contributed by atoms with van der Waals surface area (Å²) >= 11 is 1.57. The van der Waals surface area contributed by atoms with Crippen LogP contribution in [0.2, 0.25) is 0 Å². The van der Waals surface area contributed by atoms with Crippen LogP contribution in [0.1, 0.15) is 34.1 Å². The summed E-state index contributed by atoms with van der Waals surface area (Å²) < 4.78 is 0. The highest BCUT2D eigenvalue weighted by atomic mass is 32.1. The number of aliphatic hydroxyl groups is 1. The average Bonchev–Trinajstić information content (AvgIpc) is 3.12. The van der Waals surface area contributed by atoms with Gasteiger partial charge in [0, 0.05) is 10.4 Å². The van der Waals surface area contributed by atoms with Crippen molar-refractivity contribution in [1.29, 1.82) is 0 Å². The van der Waals surface area contributed by atoms with Gasteiger partial charge in [-0.1, -0.05) is 6.07 Å². The van der Waals surface area contributed by atoms with Crippen molar-refractivity contribution in [3.63, 3.8) is 0 Å². The third kappa shape index (κ3) is 3.09. The van der Waals surface area contributed by atoms with E-state index in [1.54, 1.807) is 29.5 Å². The minimum atomic E-state index is -0.755. The van der Waals surface area contributed by atoms with E-state index in [-0.39, 0.29) is 24.0 Å². The van der Waals surface area contributed by atoms with E-state index in [9.17, 15) is 19.5 Å². The predicted octanol–water partition coefficient (Wildman–Crippen LogP) is 1.52. The minimum absolute atomic E-state index is 0.156. The van der Waals surface area contributed by atoms with Crippen LogP contribution in [0.25, 0.3) is 11.0 Å². The molecule has 8 heteroatoms. The van der Waals surface area contributed by atoms with Crippen molar-refractivity contribution in [2.45, 2.75) is 25.0 Å². The van der Waals surface area contributed by atoms with Gasteiger partial charge in [0.25, 0.3) is 5.91 Å². The highest BCUT2D eigenvalue weighted by molar-refractivity contribution is 7.10. The number of carbonyl (C=O) groups is 1. The summed E-state index contributed by atoms with van der Waals surface area (Å²) in [5.74, 6) is -0.0667. The Labute approximate surface area is 151 Å². The van der Waals surface area contributed by atoms with Crippen molar-refractivity contribution < 1.29 is 9.90 Å². The summed E-state index contributed by atoms with van der Waals surface area (Å²) in [5.41, 5.74) is -0.232. The monoisotopic (exact) mass is 371 g/mol. The highest BCUT2D eigenvalue weighted by Crippen LogP contribution is 2.39. The van der Waals surface area contributed by atoms with Crippen molar-refractivity contribution in [1.82, 2.24) is 15.3 Å². The molecule has 4 N–H and O–H groups in total. The van der Waals surface area contributed by atoms with Crippen molar-refractivity contribution in [2.75, 3.05) is 0 Å². The molecule has 3 aromatic rings. The maximum absolute atomic E-state index is 12.7. The van der Waals surface area contributed by atoms with Gasteiger partial charge in [-0.25, -0.2) is 0 Å². The topological polar surface area (TPSA) is 115 Å². The van der Waals surface area contributed by atoms with Gasteiger partial charge < -0.3 is 20.4 Å². The zero-order chi connectivity index (χ0) is 18.3. The fourth-order valence-electron chi connectivity index (χ4n) is 3.27. The lowest BCUT2D eigenvalue weighted by Crippen LogP contribution is -2.41. The average molecular weight is 371 g/mol. The summed E-state index contributed by atoms with van der Waals surface area (Å²) in [6.07, 6.45) is 1.02. The van der Waals surface area contributed by atoms with Crippen molar-refractivity contribution in [3.8, 4) is 0 Å². The van der Waals surface area contributed by atoms with E-state index >= 15 is 0 Å². The fourth-order valence-corrected chi connectivity index (χ4v) is 4.14. The number of hydrogen-bond acceptors (Lipinski definition) is 5. The molecule has 2 heterocycles. The molecule has 1 atom stereocenters. The summed E-state index contributed by atoms with van der Waals surface area (Å²) in [5, 5.41) is 14.6.